The molecule has 0 aliphatic rings. The van der Waals surface area contributed by atoms with Crippen molar-refractivity contribution in [2.24, 2.45) is 0 Å². The SMILES string of the molecule is CCc1ncc(COC(C)C)c(N)n1. The van der Waals surface area contributed by atoms with Crippen LogP contribution >= 0.6 is 0 Å². The van der Waals surface area contributed by atoms with Crippen LogP contribution in [0.3, 0.4) is 0 Å². The minimum atomic E-state index is 0.195. The van der Waals surface area contributed by atoms with Gasteiger partial charge in [-0.15, -0.1) is 0 Å². The second-order valence-electron chi connectivity index (χ2n) is 3.41. The lowest BCUT2D eigenvalue weighted by atomic mass is 10.3. The molecule has 0 saturated carbocycles. The van der Waals surface area contributed by atoms with Crippen molar-refractivity contribution in [1.82, 2.24) is 9.97 Å². The fourth-order valence-corrected chi connectivity index (χ4v) is 0.996. The molecule has 1 aromatic rings. The Morgan fingerprint density at radius 1 is 1.50 bits per heavy atom. The van der Waals surface area contributed by atoms with Gasteiger partial charge in [0.1, 0.15) is 11.6 Å². The zero-order chi connectivity index (χ0) is 10.6. The second-order valence-corrected chi connectivity index (χ2v) is 3.41. The Hall–Kier alpha value is -1.16. The highest BCUT2D eigenvalue weighted by Crippen LogP contribution is 2.10. The molecule has 0 spiro atoms. The number of aryl methyl sites for hydroxylation is 1. The van der Waals surface area contributed by atoms with Gasteiger partial charge in [0, 0.05) is 18.2 Å². The van der Waals surface area contributed by atoms with Crippen LogP contribution in [0.1, 0.15) is 32.2 Å². The van der Waals surface area contributed by atoms with Crippen LogP contribution in [-0.4, -0.2) is 16.1 Å². The summed E-state index contributed by atoms with van der Waals surface area (Å²) in [7, 11) is 0. The number of hydrogen-bond acceptors (Lipinski definition) is 4. The maximum absolute atomic E-state index is 5.75. The molecule has 4 nitrogen and oxygen atoms in total. The fraction of sp³-hybridized carbons (Fsp3) is 0.600. The molecule has 0 aromatic carbocycles. The van der Waals surface area contributed by atoms with Gasteiger partial charge in [0.05, 0.1) is 12.7 Å². The second kappa shape index (κ2) is 4.91. The quantitative estimate of drug-likeness (QED) is 0.791. The van der Waals surface area contributed by atoms with E-state index in [0.717, 1.165) is 17.8 Å². The summed E-state index contributed by atoms with van der Waals surface area (Å²) in [6, 6.07) is 0. The van der Waals surface area contributed by atoms with E-state index in [1.807, 2.05) is 20.8 Å². The number of anilines is 1. The Labute approximate surface area is 84.5 Å². The average Bonchev–Trinajstić information content (AvgIpc) is 2.15. The van der Waals surface area contributed by atoms with Crippen molar-refractivity contribution in [3.63, 3.8) is 0 Å². The van der Waals surface area contributed by atoms with Crippen LogP contribution in [0.15, 0.2) is 6.20 Å². The zero-order valence-electron chi connectivity index (χ0n) is 8.95. The molecule has 14 heavy (non-hydrogen) atoms. The maximum atomic E-state index is 5.75. The number of nitrogen functional groups attached to an aromatic ring is 1. The van der Waals surface area contributed by atoms with Crippen LogP contribution in [0.2, 0.25) is 0 Å². The summed E-state index contributed by atoms with van der Waals surface area (Å²) in [5.41, 5.74) is 6.61. The molecule has 0 bridgehead atoms. The minimum absolute atomic E-state index is 0.195. The Kier molecular flexibility index (Phi) is 3.83. The molecule has 1 aromatic heterocycles. The van der Waals surface area contributed by atoms with Gasteiger partial charge >= 0.3 is 0 Å². The van der Waals surface area contributed by atoms with Crippen LogP contribution in [-0.2, 0) is 17.8 Å². The van der Waals surface area contributed by atoms with Crippen LogP contribution in [0.5, 0.6) is 0 Å². The summed E-state index contributed by atoms with van der Waals surface area (Å²) in [4.78, 5) is 8.32. The van der Waals surface area contributed by atoms with Crippen molar-refractivity contribution in [2.45, 2.75) is 39.9 Å². The lowest BCUT2D eigenvalue weighted by molar-refractivity contribution is 0.0657. The first-order valence-electron chi connectivity index (χ1n) is 4.85. The Bertz CT molecular complexity index is 299. The standard InChI is InChI=1S/C10H17N3O/c1-4-9-12-5-8(10(11)13-9)6-14-7(2)3/h5,7H,4,6H2,1-3H3,(H2,11,12,13). The summed E-state index contributed by atoms with van der Waals surface area (Å²) < 4.78 is 5.42. The summed E-state index contributed by atoms with van der Waals surface area (Å²) in [6.07, 6.45) is 2.74. The molecule has 0 amide bonds. The van der Waals surface area contributed by atoms with Crippen molar-refractivity contribution in [3.8, 4) is 0 Å². The monoisotopic (exact) mass is 195 g/mol. The van der Waals surface area contributed by atoms with Crippen LogP contribution < -0.4 is 5.73 Å². The minimum Gasteiger partial charge on any atom is -0.383 e. The van der Waals surface area contributed by atoms with Crippen molar-refractivity contribution in [2.75, 3.05) is 5.73 Å². The molecule has 1 heterocycles. The molecule has 78 valence electrons. The van der Waals surface area contributed by atoms with Crippen molar-refractivity contribution in [3.05, 3.63) is 17.6 Å². The van der Waals surface area contributed by atoms with Crippen LogP contribution in [0.4, 0.5) is 5.82 Å². The Balaban J connectivity index is 2.69. The zero-order valence-corrected chi connectivity index (χ0v) is 8.95. The number of aromatic nitrogens is 2. The molecule has 0 fully saturated rings. The molecule has 0 aliphatic carbocycles. The van der Waals surface area contributed by atoms with E-state index in [0.29, 0.717) is 12.4 Å². The molecule has 0 aliphatic heterocycles. The normalized spacial score (nSPS) is 10.9. The predicted octanol–water partition coefficient (Wildman–Crippen LogP) is 1.55. The summed E-state index contributed by atoms with van der Waals surface area (Å²) >= 11 is 0. The number of nitrogens with two attached hydrogens (primary N) is 1. The molecule has 0 unspecified atom stereocenters. The van der Waals surface area contributed by atoms with Gasteiger partial charge in [-0.1, -0.05) is 6.92 Å². The first-order chi connectivity index (χ1) is 6.63. The summed E-state index contributed by atoms with van der Waals surface area (Å²) in [5, 5.41) is 0. The van der Waals surface area contributed by atoms with Crippen LogP contribution in [0.25, 0.3) is 0 Å². The van der Waals surface area contributed by atoms with Gasteiger partial charge in [-0.25, -0.2) is 9.97 Å². The Morgan fingerprint density at radius 3 is 2.71 bits per heavy atom. The Morgan fingerprint density at radius 2 is 2.21 bits per heavy atom. The molecule has 2 N–H and O–H groups in total. The van der Waals surface area contributed by atoms with Gasteiger partial charge in [0.2, 0.25) is 0 Å². The average molecular weight is 195 g/mol. The highest BCUT2D eigenvalue weighted by Gasteiger charge is 2.04. The van der Waals surface area contributed by atoms with Crippen LogP contribution in [0, 0.1) is 0 Å². The summed E-state index contributed by atoms with van der Waals surface area (Å²) in [5.74, 6) is 1.30. The molecule has 0 atom stereocenters. The third-order valence-electron chi connectivity index (χ3n) is 1.84. The van der Waals surface area contributed by atoms with E-state index in [9.17, 15) is 0 Å². The molecule has 0 radical (unpaired) electrons. The van der Waals surface area contributed by atoms with E-state index in [1.165, 1.54) is 0 Å². The van der Waals surface area contributed by atoms with Crippen molar-refractivity contribution >= 4 is 5.82 Å². The van der Waals surface area contributed by atoms with Gasteiger partial charge in [-0.05, 0) is 13.8 Å². The third kappa shape index (κ3) is 2.96. The van der Waals surface area contributed by atoms with E-state index in [4.69, 9.17) is 10.5 Å². The number of nitrogens with zero attached hydrogens (tertiary/aromatic N) is 2. The maximum Gasteiger partial charge on any atom is 0.132 e. The van der Waals surface area contributed by atoms with E-state index in [-0.39, 0.29) is 6.10 Å². The topological polar surface area (TPSA) is 61.0 Å². The smallest absolute Gasteiger partial charge is 0.132 e. The first-order valence-corrected chi connectivity index (χ1v) is 4.85. The van der Waals surface area contributed by atoms with Crippen molar-refractivity contribution < 1.29 is 4.74 Å². The number of ether oxygens (including phenoxy) is 1. The highest BCUT2D eigenvalue weighted by atomic mass is 16.5. The highest BCUT2D eigenvalue weighted by molar-refractivity contribution is 5.36. The molecule has 0 saturated heterocycles. The number of hydrogen-bond donors (Lipinski definition) is 1. The third-order valence-corrected chi connectivity index (χ3v) is 1.84. The molecular weight excluding hydrogens is 178 g/mol. The summed E-state index contributed by atoms with van der Waals surface area (Å²) in [6.45, 7) is 6.45. The van der Waals surface area contributed by atoms with Crippen molar-refractivity contribution in [1.29, 1.82) is 0 Å². The van der Waals surface area contributed by atoms with Gasteiger partial charge < -0.3 is 10.5 Å². The lowest BCUT2D eigenvalue weighted by Crippen LogP contribution is -2.07. The lowest BCUT2D eigenvalue weighted by Gasteiger charge is -2.09. The van der Waals surface area contributed by atoms with Gasteiger partial charge in [0.25, 0.3) is 0 Å². The molecule has 1 rings (SSSR count). The molecule has 4 heteroatoms. The predicted molar refractivity (Wildman–Crippen MR) is 55.7 cm³/mol. The van der Waals surface area contributed by atoms with E-state index >= 15 is 0 Å². The number of rotatable bonds is 4. The van der Waals surface area contributed by atoms with E-state index < -0.39 is 0 Å². The van der Waals surface area contributed by atoms with Gasteiger partial charge in [0.15, 0.2) is 0 Å². The fourth-order valence-electron chi connectivity index (χ4n) is 0.996. The van der Waals surface area contributed by atoms with Gasteiger partial charge in [-0.3, -0.25) is 0 Å². The van der Waals surface area contributed by atoms with Gasteiger partial charge in [-0.2, -0.15) is 0 Å². The van der Waals surface area contributed by atoms with E-state index in [2.05, 4.69) is 9.97 Å². The van der Waals surface area contributed by atoms with E-state index in [1.54, 1.807) is 6.20 Å². The largest absolute Gasteiger partial charge is 0.383 e. The first kappa shape index (κ1) is 10.9. The molecular formula is C10H17N3O.